The molecule has 4 nitrogen and oxygen atoms in total. The van der Waals surface area contributed by atoms with Crippen LogP contribution in [0.15, 0.2) is 24.5 Å². The van der Waals surface area contributed by atoms with Crippen molar-refractivity contribution >= 4 is 5.65 Å². The van der Waals surface area contributed by atoms with Crippen LogP contribution >= 0.6 is 0 Å². The summed E-state index contributed by atoms with van der Waals surface area (Å²) in [7, 11) is 0. The SMILES string of the molecule is Cc1ccc2nc(CN3CCC(O)CC3)cn2c1. The molecule has 0 aromatic carbocycles. The van der Waals surface area contributed by atoms with Crippen molar-refractivity contribution < 1.29 is 5.11 Å². The number of hydrogen-bond donors (Lipinski definition) is 1. The summed E-state index contributed by atoms with van der Waals surface area (Å²) in [6, 6.07) is 4.14. The molecule has 18 heavy (non-hydrogen) atoms. The van der Waals surface area contributed by atoms with Gasteiger partial charge in [0.2, 0.25) is 0 Å². The van der Waals surface area contributed by atoms with Crippen LogP contribution in [0.5, 0.6) is 0 Å². The van der Waals surface area contributed by atoms with Crippen molar-refractivity contribution in [1.82, 2.24) is 14.3 Å². The Morgan fingerprint density at radius 1 is 1.28 bits per heavy atom. The van der Waals surface area contributed by atoms with E-state index in [2.05, 4.69) is 45.7 Å². The molecule has 2 aromatic rings. The third-order valence-corrected chi connectivity index (χ3v) is 3.59. The predicted octanol–water partition coefficient (Wildman–Crippen LogP) is 1.60. The zero-order chi connectivity index (χ0) is 12.5. The zero-order valence-corrected chi connectivity index (χ0v) is 10.7. The number of imidazole rings is 1. The van der Waals surface area contributed by atoms with E-state index in [1.54, 1.807) is 0 Å². The lowest BCUT2D eigenvalue weighted by atomic mass is 10.1. The molecule has 2 aromatic heterocycles. The van der Waals surface area contributed by atoms with Crippen LogP contribution in [0.25, 0.3) is 5.65 Å². The van der Waals surface area contributed by atoms with Gasteiger partial charge >= 0.3 is 0 Å². The molecule has 4 heteroatoms. The summed E-state index contributed by atoms with van der Waals surface area (Å²) in [5.74, 6) is 0. The number of piperidine rings is 1. The Labute approximate surface area is 107 Å². The molecule has 1 aliphatic heterocycles. The molecule has 1 aliphatic rings. The van der Waals surface area contributed by atoms with Gasteiger partial charge in [-0.25, -0.2) is 4.98 Å². The Kier molecular flexibility index (Phi) is 3.06. The molecule has 1 saturated heterocycles. The van der Waals surface area contributed by atoms with Crippen molar-refractivity contribution in [3.05, 3.63) is 35.8 Å². The lowest BCUT2D eigenvalue weighted by molar-refractivity contribution is 0.0787. The first kappa shape index (κ1) is 11.7. The van der Waals surface area contributed by atoms with E-state index >= 15 is 0 Å². The third-order valence-electron chi connectivity index (χ3n) is 3.59. The van der Waals surface area contributed by atoms with Crippen molar-refractivity contribution in [1.29, 1.82) is 0 Å². The smallest absolute Gasteiger partial charge is 0.137 e. The van der Waals surface area contributed by atoms with Gasteiger partial charge in [-0.05, 0) is 31.4 Å². The number of hydrogen-bond acceptors (Lipinski definition) is 3. The molecule has 0 unspecified atom stereocenters. The van der Waals surface area contributed by atoms with Crippen LogP contribution in [0.1, 0.15) is 24.1 Å². The van der Waals surface area contributed by atoms with Gasteiger partial charge in [-0.2, -0.15) is 0 Å². The first-order valence-electron chi connectivity index (χ1n) is 6.55. The molecule has 0 atom stereocenters. The predicted molar refractivity (Wildman–Crippen MR) is 70.4 cm³/mol. The van der Waals surface area contributed by atoms with Gasteiger partial charge in [0.25, 0.3) is 0 Å². The van der Waals surface area contributed by atoms with Crippen LogP contribution in [0.4, 0.5) is 0 Å². The minimum absolute atomic E-state index is 0.107. The Balaban J connectivity index is 1.74. The van der Waals surface area contributed by atoms with Gasteiger partial charge in [-0.3, -0.25) is 4.90 Å². The molecule has 1 N–H and O–H groups in total. The number of nitrogens with zero attached hydrogens (tertiary/aromatic N) is 3. The van der Waals surface area contributed by atoms with E-state index in [1.165, 1.54) is 5.56 Å². The number of aromatic nitrogens is 2. The van der Waals surface area contributed by atoms with Crippen LogP contribution < -0.4 is 0 Å². The summed E-state index contributed by atoms with van der Waals surface area (Å²) in [6.07, 6.45) is 5.86. The van der Waals surface area contributed by atoms with Gasteiger partial charge in [-0.15, -0.1) is 0 Å². The van der Waals surface area contributed by atoms with E-state index in [0.29, 0.717) is 0 Å². The molecule has 0 amide bonds. The van der Waals surface area contributed by atoms with Crippen molar-refractivity contribution in [3.63, 3.8) is 0 Å². The van der Waals surface area contributed by atoms with Gasteiger partial charge in [0.1, 0.15) is 5.65 Å². The van der Waals surface area contributed by atoms with Crippen molar-refractivity contribution in [2.45, 2.75) is 32.4 Å². The number of aliphatic hydroxyl groups excluding tert-OH is 1. The number of aryl methyl sites for hydroxylation is 1. The van der Waals surface area contributed by atoms with Crippen LogP contribution in [0.3, 0.4) is 0 Å². The molecule has 0 saturated carbocycles. The van der Waals surface area contributed by atoms with E-state index < -0.39 is 0 Å². The van der Waals surface area contributed by atoms with Crippen LogP contribution in [-0.2, 0) is 6.54 Å². The van der Waals surface area contributed by atoms with E-state index in [9.17, 15) is 5.11 Å². The maximum absolute atomic E-state index is 9.49. The molecule has 0 spiro atoms. The fourth-order valence-corrected chi connectivity index (χ4v) is 2.54. The normalized spacial score (nSPS) is 18.6. The topological polar surface area (TPSA) is 40.8 Å². The van der Waals surface area contributed by atoms with Gasteiger partial charge in [-0.1, -0.05) is 6.07 Å². The lowest BCUT2D eigenvalue weighted by Gasteiger charge is -2.28. The maximum Gasteiger partial charge on any atom is 0.137 e. The Hall–Kier alpha value is -1.39. The summed E-state index contributed by atoms with van der Waals surface area (Å²) < 4.78 is 2.09. The molecule has 96 valence electrons. The average molecular weight is 245 g/mol. The third kappa shape index (κ3) is 2.40. The first-order valence-corrected chi connectivity index (χ1v) is 6.55. The first-order chi connectivity index (χ1) is 8.70. The molecule has 1 fully saturated rings. The molecule has 3 heterocycles. The highest BCUT2D eigenvalue weighted by atomic mass is 16.3. The summed E-state index contributed by atoms with van der Waals surface area (Å²) in [5, 5.41) is 9.49. The second-order valence-corrected chi connectivity index (χ2v) is 5.21. The number of aliphatic hydroxyl groups is 1. The van der Waals surface area contributed by atoms with Gasteiger partial charge in [0, 0.05) is 32.0 Å². The van der Waals surface area contributed by atoms with Gasteiger partial charge in [0.05, 0.1) is 11.8 Å². The van der Waals surface area contributed by atoms with Crippen LogP contribution in [0, 0.1) is 6.92 Å². The molecule has 0 bridgehead atoms. The molecule has 0 radical (unpaired) electrons. The van der Waals surface area contributed by atoms with E-state index in [4.69, 9.17) is 0 Å². The summed E-state index contributed by atoms with van der Waals surface area (Å²) in [5.41, 5.74) is 3.36. The molecule has 0 aliphatic carbocycles. The number of pyridine rings is 1. The lowest BCUT2D eigenvalue weighted by Crippen LogP contribution is -2.35. The standard InChI is InChI=1S/C14H19N3O/c1-11-2-3-14-15-12(10-17(14)8-11)9-16-6-4-13(18)5-7-16/h2-3,8,10,13,18H,4-7,9H2,1H3. The molecule has 3 rings (SSSR count). The van der Waals surface area contributed by atoms with E-state index in [-0.39, 0.29) is 6.10 Å². The zero-order valence-electron chi connectivity index (χ0n) is 10.7. The monoisotopic (exact) mass is 245 g/mol. The van der Waals surface area contributed by atoms with E-state index in [1.807, 2.05) is 0 Å². The highest BCUT2D eigenvalue weighted by molar-refractivity contribution is 5.41. The van der Waals surface area contributed by atoms with Crippen LogP contribution in [-0.4, -0.2) is 38.6 Å². The quantitative estimate of drug-likeness (QED) is 0.873. The van der Waals surface area contributed by atoms with E-state index in [0.717, 1.165) is 43.8 Å². The van der Waals surface area contributed by atoms with Crippen LogP contribution in [0.2, 0.25) is 0 Å². The summed E-state index contributed by atoms with van der Waals surface area (Å²) >= 11 is 0. The Bertz CT molecular complexity index is 541. The summed E-state index contributed by atoms with van der Waals surface area (Å²) in [4.78, 5) is 6.99. The average Bonchev–Trinajstić information content (AvgIpc) is 2.73. The highest BCUT2D eigenvalue weighted by Crippen LogP contribution is 2.14. The van der Waals surface area contributed by atoms with Crippen molar-refractivity contribution in [3.8, 4) is 0 Å². The largest absolute Gasteiger partial charge is 0.393 e. The Morgan fingerprint density at radius 2 is 2.06 bits per heavy atom. The highest BCUT2D eigenvalue weighted by Gasteiger charge is 2.17. The number of rotatable bonds is 2. The van der Waals surface area contributed by atoms with Gasteiger partial charge in [0.15, 0.2) is 0 Å². The Morgan fingerprint density at radius 3 is 2.83 bits per heavy atom. The second kappa shape index (κ2) is 4.71. The second-order valence-electron chi connectivity index (χ2n) is 5.21. The minimum Gasteiger partial charge on any atom is -0.393 e. The van der Waals surface area contributed by atoms with Crippen molar-refractivity contribution in [2.24, 2.45) is 0 Å². The molecular formula is C14H19N3O. The molecular weight excluding hydrogens is 226 g/mol. The van der Waals surface area contributed by atoms with Gasteiger partial charge < -0.3 is 9.51 Å². The minimum atomic E-state index is -0.107. The van der Waals surface area contributed by atoms with Crippen molar-refractivity contribution in [2.75, 3.05) is 13.1 Å². The summed E-state index contributed by atoms with van der Waals surface area (Å²) in [6.45, 7) is 4.90. The fraction of sp³-hybridized carbons (Fsp3) is 0.500. The fourth-order valence-electron chi connectivity index (χ4n) is 2.54. The number of fused-ring (bicyclic) bond motifs is 1. The maximum atomic E-state index is 9.49. The number of likely N-dealkylation sites (tertiary alicyclic amines) is 1.